The lowest BCUT2D eigenvalue weighted by Gasteiger charge is -2.05. The van der Waals surface area contributed by atoms with Gasteiger partial charge in [-0.25, -0.2) is 9.97 Å². The van der Waals surface area contributed by atoms with E-state index in [0.29, 0.717) is 11.0 Å². The van der Waals surface area contributed by atoms with E-state index in [1.165, 1.54) is 0 Å². The Morgan fingerprint density at radius 1 is 1.38 bits per heavy atom. The van der Waals surface area contributed by atoms with Crippen LogP contribution in [0.15, 0.2) is 24.7 Å². The van der Waals surface area contributed by atoms with Crippen LogP contribution in [0.2, 0.25) is 5.15 Å². The molecule has 0 N–H and O–H groups in total. The van der Waals surface area contributed by atoms with Gasteiger partial charge < -0.3 is 0 Å². The van der Waals surface area contributed by atoms with E-state index in [1.807, 2.05) is 12.3 Å². The summed E-state index contributed by atoms with van der Waals surface area (Å²) in [6.45, 7) is 2.08. The highest BCUT2D eigenvalue weighted by atomic mass is 127. The average Bonchev–Trinajstić information content (AvgIpc) is 2.32. The SMILES string of the molecule is CCc1cnccc1-c1ncc(I)c(Cl)n1. The molecule has 0 aliphatic carbocycles. The minimum Gasteiger partial charge on any atom is -0.264 e. The third-order valence-electron chi connectivity index (χ3n) is 2.23. The fourth-order valence-corrected chi connectivity index (χ4v) is 1.79. The Morgan fingerprint density at radius 2 is 2.19 bits per heavy atom. The summed E-state index contributed by atoms with van der Waals surface area (Å²) in [6, 6.07) is 1.91. The fraction of sp³-hybridized carbons (Fsp3) is 0.182. The van der Waals surface area contributed by atoms with E-state index >= 15 is 0 Å². The Morgan fingerprint density at radius 3 is 2.88 bits per heavy atom. The average molecular weight is 346 g/mol. The molecule has 2 aromatic heterocycles. The number of hydrogen-bond donors (Lipinski definition) is 0. The lowest BCUT2D eigenvalue weighted by molar-refractivity contribution is 1.08. The second kappa shape index (κ2) is 5.05. The van der Waals surface area contributed by atoms with Crippen LogP contribution >= 0.6 is 34.2 Å². The van der Waals surface area contributed by atoms with Crippen molar-refractivity contribution in [3.63, 3.8) is 0 Å². The molecule has 5 heteroatoms. The van der Waals surface area contributed by atoms with Crippen LogP contribution in [0, 0.1) is 3.57 Å². The number of aryl methyl sites for hydroxylation is 1. The van der Waals surface area contributed by atoms with E-state index in [2.05, 4.69) is 44.5 Å². The Bertz CT molecular complexity index is 516. The second-order valence-corrected chi connectivity index (χ2v) is 4.74. The van der Waals surface area contributed by atoms with Crippen LogP contribution in [0.1, 0.15) is 12.5 Å². The monoisotopic (exact) mass is 345 g/mol. The number of pyridine rings is 1. The zero-order valence-electron chi connectivity index (χ0n) is 8.61. The van der Waals surface area contributed by atoms with Crippen molar-refractivity contribution in [2.45, 2.75) is 13.3 Å². The normalized spacial score (nSPS) is 10.4. The number of aromatic nitrogens is 3. The first kappa shape index (κ1) is 11.7. The van der Waals surface area contributed by atoms with E-state index in [0.717, 1.165) is 21.1 Å². The molecule has 0 aromatic carbocycles. The zero-order valence-corrected chi connectivity index (χ0v) is 11.5. The van der Waals surface area contributed by atoms with Crippen molar-refractivity contribution in [3.05, 3.63) is 38.9 Å². The topological polar surface area (TPSA) is 38.7 Å². The van der Waals surface area contributed by atoms with Crippen LogP contribution < -0.4 is 0 Å². The van der Waals surface area contributed by atoms with E-state index in [1.54, 1.807) is 12.4 Å². The van der Waals surface area contributed by atoms with Crippen LogP contribution in [-0.2, 0) is 6.42 Å². The molecule has 0 saturated carbocycles. The molecule has 2 aromatic rings. The quantitative estimate of drug-likeness (QED) is 0.619. The highest BCUT2D eigenvalue weighted by molar-refractivity contribution is 14.1. The summed E-state index contributed by atoms with van der Waals surface area (Å²) in [5.41, 5.74) is 2.12. The first-order chi connectivity index (χ1) is 7.72. The molecule has 0 saturated heterocycles. The van der Waals surface area contributed by atoms with Gasteiger partial charge in [-0.1, -0.05) is 18.5 Å². The van der Waals surface area contributed by atoms with Crippen molar-refractivity contribution < 1.29 is 0 Å². The molecule has 0 atom stereocenters. The van der Waals surface area contributed by atoms with Crippen LogP contribution in [0.3, 0.4) is 0 Å². The molecule has 0 bridgehead atoms. The first-order valence-corrected chi connectivity index (χ1v) is 6.29. The van der Waals surface area contributed by atoms with Crippen LogP contribution in [0.25, 0.3) is 11.4 Å². The summed E-state index contributed by atoms with van der Waals surface area (Å²) in [7, 11) is 0. The van der Waals surface area contributed by atoms with Crippen LogP contribution in [-0.4, -0.2) is 15.0 Å². The molecule has 3 nitrogen and oxygen atoms in total. The van der Waals surface area contributed by atoms with Gasteiger partial charge >= 0.3 is 0 Å². The van der Waals surface area contributed by atoms with Gasteiger partial charge in [0.25, 0.3) is 0 Å². The summed E-state index contributed by atoms with van der Waals surface area (Å²) >= 11 is 8.09. The Kier molecular flexibility index (Phi) is 3.70. The summed E-state index contributed by atoms with van der Waals surface area (Å²) in [4.78, 5) is 12.6. The fourth-order valence-electron chi connectivity index (χ4n) is 1.40. The van der Waals surface area contributed by atoms with Gasteiger partial charge in [0.05, 0.1) is 3.57 Å². The van der Waals surface area contributed by atoms with Gasteiger partial charge in [0.2, 0.25) is 0 Å². The third-order valence-corrected chi connectivity index (χ3v) is 3.62. The van der Waals surface area contributed by atoms with Gasteiger partial charge in [0.1, 0.15) is 5.15 Å². The van der Waals surface area contributed by atoms with Gasteiger partial charge in [-0.3, -0.25) is 4.98 Å². The van der Waals surface area contributed by atoms with Gasteiger partial charge in [-0.2, -0.15) is 0 Å². The van der Waals surface area contributed by atoms with Crippen molar-refractivity contribution in [1.29, 1.82) is 0 Å². The number of hydrogen-bond acceptors (Lipinski definition) is 3. The predicted molar refractivity (Wildman–Crippen MR) is 72.4 cm³/mol. The number of halogens is 2. The van der Waals surface area contributed by atoms with E-state index in [4.69, 9.17) is 11.6 Å². The molecule has 0 radical (unpaired) electrons. The lowest BCUT2D eigenvalue weighted by atomic mass is 10.1. The van der Waals surface area contributed by atoms with Gasteiger partial charge in [0, 0.05) is 24.2 Å². The summed E-state index contributed by atoms with van der Waals surface area (Å²) in [5, 5.41) is 0.490. The van der Waals surface area contributed by atoms with Crippen molar-refractivity contribution in [3.8, 4) is 11.4 Å². The summed E-state index contributed by atoms with van der Waals surface area (Å²) in [6.07, 6.45) is 6.20. The van der Waals surface area contributed by atoms with E-state index < -0.39 is 0 Å². The van der Waals surface area contributed by atoms with Gasteiger partial charge in [-0.05, 0) is 40.6 Å². The minimum atomic E-state index is 0.490. The Balaban J connectivity index is 2.54. The van der Waals surface area contributed by atoms with Crippen molar-refractivity contribution in [2.75, 3.05) is 0 Å². The molecule has 0 spiro atoms. The molecule has 16 heavy (non-hydrogen) atoms. The molecule has 0 amide bonds. The molecule has 0 fully saturated rings. The largest absolute Gasteiger partial charge is 0.264 e. The molecule has 0 aliphatic rings. The summed E-state index contributed by atoms with van der Waals surface area (Å²) in [5.74, 6) is 0.657. The molecule has 0 aliphatic heterocycles. The molecular formula is C11H9ClIN3. The minimum absolute atomic E-state index is 0.490. The Hall–Kier alpha value is -0.750. The zero-order chi connectivity index (χ0) is 11.5. The highest BCUT2D eigenvalue weighted by Gasteiger charge is 2.08. The molecule has 2 heterocycles. The highest BCUT2D eigenvalue weighted by Crippen LogP contribution is 2.23. The first-order valence-electron chi connectivity index (χ1n) is 4.83. The lowest BCUT2D eigenvalue weighted by Crippen LogP contribution is -1.95. The maximum absolute atomic E-state index is 5.99. The molecule has 0 unspecified atom stereocenters. The molecule has 82 valence electrons. The third kappa shape index (κ3) is 2.32. The van der Waals surface area contributed by atoms with Crippen LogP contribution in [0.4, 0.5) is 0 Å². The Labute approximate surface area is 112 Å². The van der Waals surface area contributed by atoms with E-state index in [-0.39, 0.29) is 0 Å². The maximum Gasteiger partial charge on any atom is 0.161 e. The number of rotatable bonds is 2. The smallest absolute Gasteiger partial charge is 0.161 e. The molecular weight excluding hydrogens is 336 g/mol. The van der Waals surface area contributed by atoms with Crippen LogP contribution in [0.5, 0.6) is 0 Å². The van der Waals surface area contributed by atoms with Crippen molar-refractivity contribution in [1.82, 2.24) is 15.0 Å². The predicted octanol–water partition coefficient (Wildman–Crippen LogP) is 3.36. The van der Waals surface area contributed by atoms with E-state index in [9.17, 15) is 0 Å². The molecule has 2 rings (SSSR count). The summed E-state index contributed by atoms with van der Waals surface area (Å²) < 4.78 is 0.857. The number of nitrogens with zero attached hydrogens (tertiary/aromatic N) is 3. The standard InChI is InChI=1S/C11H9ClIN3/c1-2-7-5-14-4-3-8(7)11-15-6-9(13)10(12)16-11/h3-6H,2H2,1H3. The van der Waals surface area contributed by atoms with Crippen molar-refractivity contribution >= 4 is 34.2 Å². The van der Waals surface area contributed by atoms with Gasteiger partial charge in [-0.15, -0.1) is 0 Å². The van der Waals surface area contributed by atoms with Crippen molar-refractivity contribution in [2.24, 2.45) is 0 Å². The second-order valence-electron chi connectivity index (χ2n) is 3.22. The van der Waals surface area contributed by atoms with Gasteiger partial charge in [0.15, 0.2) is 5.82 Å². The maximum atomic E-state index is 5.99.